The molecule has 1 aromatic heterocycles. The fourth-order valence-electron chi connectivity index (χ4n) is 5.05. The van der Waals surface area contributed by atoms with E-state index in [0.717, 1.165) is 51.4 Å². The molecule has 2 fully saturated rings. The topological polar surface area (TPSA) is 57.3 Å². The lowest BCUT2D eigenvalue weighted by atomic mass is 9.79. The number of nitrogens with zero attached hydrogens (tertiary/aromatic N) is 2. The number of nitrogens with one attached hydrogen (secondary N) is 2. The Bertz CT molecular complexity index is 789. The van der Waals surface area contributed by atoms with Crippen molar-refractivity contribution < 1.29 is 4.79 Å². The Balaban J connectivity index is 0.00000272. The van der Waals surface area contributed by atoms with Crippen LogP contribution in [-0.4, -0.2) is 48.0 Å². The maximum atomic E-state index is 12.2. The van der Waals surface area contributed by atoms with Crippen molar-refractivity contribution in [3.05, 3.63) is 66.0 Å². The fraction of sp³-hybridized carbons (Fsp3) is 0.520. The van der Waals surface area contributed by atoms with Crippen LogP contribution in [0.5, 0.6) is 0 Å². The molecule has 2 aliphatic rings. The first-order valence-corrected chi connectivity index (χ1v) is 11.4. The lowest BCUT2D eigenvalue weighted by Crippen LogP contribution is -2.55. The quantitative estimate of drug-likeness (QED) is 0.624. The van der Waals surface area contributed by atoms with Gasteiger partial charge < -0.3 is 10.6 Å². The van der Waals surface area contributed by atoms with Crippen LogP contribution < -0.4 is 10.6 Å². The third-order valence-corrected chi connectivity index (χ3v) is 6.51. The van der Waals surface area contributed by atoms with Gasteiger partial charge in [-0.15, -0.1) is 12.4 Å². The Hall–Kier alpha value is -1.95. The summed E-state index contributed by atoms with van der Waals surface area (Å²) in [6, 6.07) is 15.1. The molecule has 6 heteroatoms. The van der Waals surface area contributed by atoms with Gasteiger partial charge in [0, 0.05) is 51.0 Å². The largest absolute Gasteiger partial charge is 0.356 e. The smallest absolute Gasteiger partial charge is 0.220 e. The molecule has 2 aromatic rings. The molecule has 0 saturated carbocycles. The molecule has 2 saturated heterocycles. The van der Waals surface area contributed by atoms with Gasteiger partial charge in [0.05, 0.1) is 0 Å². The molecule has 31 heavy (non-hydrogen) atoms. The zero-order valence-electron chi connectivity index (χ0n) is 18.2. The fourth-order valence-corrected chi connectivity index (χ4v) is 5.05. The average Bonchev–Trinajstić information content (AvgIpc) is 2.77. The zero-order chi connectivity index (χ0) is 20.6. The summed E-state index contributed by atoms with van der Waals surface area (Å²) in [5, 5.41) is 6.85. The predicted molar refractivity (Wildman–Crippen MR) is 127 cm³/mol. The summed E-state index contributed by atoms with van der Waals surface area (Å²) in [5.74, 6) is 1.62. The van der Waals surface area contributed by atoms with Crippen molar-refractivity contribution in [2.45, 2.75) is 44.7 Å². The van der Waals surface area contributed by atoms with Gasteiger partial charge in [0.25, 0.3) is 0 Å². The van der Waals surface area contributed by atoms with E-state index in [2.05, 4.69) is 38.7 Å². The Morgan fingerprint density at radius 2 is 1.97 bits per heavy atom. The van der Waals surface area contributed by atoms with E-state index in [4.69, 9.17) is 0 Å². The van der Waals surface area contributed by atoms with Crippen LogP contribution in [0.25, 0.3) is 0 Å². The van der Waals surface area contributed by atoms with Crippen molar-refractivity contribution in [1.29, 1.82) is 0 Å². The number of halogens is 1. The lowest BCUT2D eigenvalue weighted by Gasteiger charge is -2.46. The van der Waals surface area contributed by atoms with Gasteiger partial charge in [-0.1, -0.05) is 36.4 Å². The number of piperidine rings is 2. The number of fused-ring (bicyclic) bond motifs is 2. The van der Waals surface area contributed by atoms with E-state index in [1.54, 1.807) is 0 Å². The molecule has 2 aliphatic heterocycles. The van der Waals surface area contributed by atoms with Crippen molar-refractivity contribution in [2.75, 3.05) is 26.2 Å². The van der Waals surface area contributed by atoms with E-state index in [-0.39, 0.29) is 18.3 Å². The third-order valence-electron chi connectivity index (χ3n) is 6.51. The molecular weight excluding hydrogens is 408 g/mol. The second-order valence-corrected chi connectivity index (χ2v) is 8.91. The van der Waals surface area contributed by atoms with Crippen molar-refractivity contribution in [3.63, 3.8) is 0 Å². The normalized spacial score (nSPS) is 23.0. The van der Waals surface area contributed by atoms with Crippen LogP contribution in [0.3, 0.4) is 0 Å². The number of aromatic nitrogens is 1. The van der Waals surface area contributed by atoms with Gasteiger partial charge in [-0.3, -0.25) is 14.7 Å². The number of hydrogen-bond donors (Lipinski definition) is 2. The number of hydrogen-bond acceptors (Lipinski definition) is 4. The SMILES string of the molecule is Cl.O=C(CCC[C@H]1NCC2CC1CN(Cc1cccnc1)C2)NCCc1ccccc1. The van der Waals surface area contributed by atoms with E-state index in [0.29, 0.717) is 18.4 Å². The summed E-state index contributed by atoms with van der Waals surface area (Å²) in [6.45, 7) is 5.14. The molecule has 168 valence electrons. The molecule has 2 N–H and O–H groups in total. The number of rotatable bonds is 9. The van der Waals surface area contributed by atoms with Gasteiger partial charge in [-0.05, 0) is 61.3 Å². The van der Waals surface area contributed by atoms with Gasteiger partial charge in [0.2, 0.25) is 5.91 Å². The first kappa shape index (κ1) is 23.7. The molecule has 3 atom stereocenters. The standard InChI is InChI=1S/C25H34N4O.ClH/c30-25(27-13-11-20-6-2-1-3-7-20)10-4-9-24-23-14-22(16-28-24)18-29(19-23)17-21-8-5-12-26-15-21;/h1-3,5-8,12,15,22-24,28H,4,9-11,13-14,16-19H2,(H,27,30);1H/t22?,23?,24-;/m1./s1. The second-order valence-electron chi connectivity index (χ2n) is 8.91. The Morgan fingerprint density at radius 3 is 2.77 bits per heavy atom. The minimum absolute atomic E-state index is 0. The van der Waals surface area contributed by atoms with Crippen LogP contribution in [0.1, 0.15) is 36.8 Å². The maximum Gasteiger partial charge on any atom is 0.220 e. The van der Waals surface area contributed by atoms with Crippen LogP contribution in [-0.2, 0) is 17.8 Å². The Morgan fingerprint density at radius 1 is 1.13 bits per heavy atom. The van der Waals surface area contributed by atoms with E-state index < -0.39 is 0 Å². The monoisotopic (exact) mass is 442 g/mol. The van der Waals surface area contributed by atoms with Crippen LogP contribution in [0, 0.1) is 11.8 Å². The van der Waals surface area contributed by atoms with Crippen molar-refractivity contribution in [2.24, 2.45) is 11.8 Å². The zero-order valence-corrected chi connectivity index (χ0v) is 19.0. The van der Waals surface area contributed by atoms with Gasteiger partial charge in [0.15, 0.2) is 0 Å². The first-order valence-electron chi connectivity index (χ1n) is 11.4. The van der Waals surface area contributed by atoms with Gasteiger partial charge in [0.1, 0.15) is 0 Å². The highest BCUT2D eigenvalue weighted by molar-refractivity contribution is 5.85. The number of carbonyl (C=O) groups excluding carboxylic acids is 1. The molecular formula is C25H35ClN4O. The highest BCUT2D eigenvalue weighted by Crippen LogP contribution is 2.31. The number of likely N-dealkylation sites (tertiary alicyclic amines) is 1. The van der Waals surface area contributed by atoms with Gasteiger partial charge >= 0.3 is 0 Å². The predicted octanol–water partition coefficient (Wildman–Crippen LogP) is 3.44. The first-order chi connectivity index (χ1) is 14.8. The molecule has 1 amide bonds. The molecule has 0 radical (unpaired) electrons. The second kappa shape index (κ2) is 12.2. The van der Waals surface area contributed by atoms with E-state index in [1.807, 2.05) is 36.7 Å². The average molecular weight is 443 g/mol. The van der Waals surface area contributed by atoms with Crippen molar-refractivity contribution in [1.82, 2.24) is 20.5 Å². The van der Waals surface area contributed by atoms with Crippen LogP contribution in [0.2, 0.25) is 0 Å². The van der Waals surface area contributed by atoms with E-state index >= 15 is 0 Å². The summed E-state index contributed by atoms with van der Waals surface area (Å²) in [7, 11) is 0. The molecule has 0 spiro atoms. The summed E-state index contributed by atoms with van der Waals surface area (Å²) in [4.78, 5) is 19.1. The Kier molecular flexibility index (Phi) is 9.31. The molecule has 2 bridgehead atoms. The number of pyridine rings is 1. The van der Waals surface area contributed by atoms with Gasteiger partial charge in [-0.25, -0.2) is 0 Å². The van der Waals surface area contributed by atoms with Crippen molar-refractivity contribution >= 4 is 18.3 Å². The molecule has 0 aliphatic carbocycles. The minimum Gasteiger partial charge on any atom is -0.356 e. The number of carbonyl (C=O) groups is 1. The lowest BCUT2D eigenvalue weighted by molar-refractivity contribution is -0.121. The van der Waals surface area contributed by atoms with Crippen LogP contribution in [0.4, 0.5) is 0 Å². The Labute approximate surface area is 192 Å². The summed E-state index contributed by atoms with van der Waals surface area (Å²) in [6.07, 6.45) is 8.71. The van der Waals surface area contributed by atoms with E-state index in [1.165, 1.54) is 24.1 Å². The molecule has 5 nitrogen and oxygen atoms in total. The van der Waals surface area contributed by atoms with Crippen molar-refractivity contribution in [3.8, 4) is 0 Å². The third kappa shape index (κ3) is 7.30. The summed E-state index contributed by atoms with van der Waals surface area (Å²) < 4.78 is 0. The molecule has 2 unspecified atom stereocenters. The molecule has 4 rings (SSSR count). The van der Waals surface area contributed by atoms with Crippen LogP contribution in [0.15, 0.2) is 54.9 Å². The molecule has 3 heterocycles. The van der Waals surface area contributed by atoms with Crippen LogP contribution >= 0.6 is 12.4 Å². The summed E-state index contributed by atoms with van der Waals surface area (Å²) >= 11 is 0. The molecule has 1 aromatic carbocycles. The maximum absolute atomic E-state index is 12.2. The van der Waals surface area contributed by atoms with Gasteiger partial charge in [-0.2, -0.15) is 0 Å². The minimum atomic E-state index is 0. The highest BCUT2D eigenvalue weighted by Gasteiger charge is 2.36. The summed E-state index contributed by atoms with van der Waals surface area (Å²) in [5.41, 5.74) is 2.57. The highest BCUT2D eigenvalue weighted by atomic mass is 35.5. The number of amides is 1. The van der Waals surface area contributed by atoms with E-state index in [9.17, 15) is 4.79 Å². The number of benzene rings is 1.